The zero-order chi connectivity index (χ0) is 11.1. The number of carbonyl (C=O) groups is 1. The number of hydrogen-bond acceptors (Lipinski definition) is 3. The lowest BCUT2D eigenvalue weighted by Crippen LogP contribution is -2.60. The summed E-state index contributed by atoms with van der Waals surface area (Å²) < 4.78 is 5.48. The lowest BCUT2D eigenvalue weighted by atomic mass is 9.93. The van der Waals surface area contributed by atoms with Gasteiger partial charge in [-0.1, -0.05) is 13.8 Å². The smallest absolute Gasteiger partial charge is 0.410 e. The molecule has 0 bridgehead atoms. The van der Waals surface area contributed by atoms with Crippen LogP contribution in [0.3, 0.4) is 0 Å². The van der Waals surface area contributed by atoms with Crippen molar-refractivity contribution in [3.63, 3.8) is 0 Å². The number of rotatable bonds is 1. The Kier molecular flexibility index (Phi) is 2.41. The van der Waals surface area contributed by atoms with Crippen LogP contribution in [0.4, 0.5) is 4.79 Å². The first-order valence-corrected chi connectivity index (χ1v) is 5.59. The predicted molar refractivity (Wildman–Crippen MR) is 57.7 cm³/mol. The Hall–Kier alpha value is -0.770. The molecule has 0 saturated carbocycles. The molecule has 0 aliphatic carbocycles. The molecule has 0 aromatic carbocycles. The molecule has 2 heterocycles. The molecule has 0 atom stereocenters. The topological polar surface area (TPSA) is 41.6 Å². The number of amides is 1. The highest BCUT2D eigenvalue weighted by atomic mass is 16.6. The Morgan fingerprint density at radius 1 is 1.33 bits per heavy atom. The van der Waals surface area contributed by atoms with Crippen LogP contribution >= 0.6 is 0 Å². The molecule has 0 unspecified atom stereocenters. The van der Waals surface area contributed by atoms with Gasteiger partial charge in [-0.2, -0.15) is 0 Å². The minimum atomic E-state index is -0.274. The molecule has 2 saturated heterocycles. The average Bonchev–Trinajstić information content (AvgIpc) is 2.43. The zero-order valence-electron chi connectivity index (χ0n) is 9.80. The fourth-order valence-electron chi connectivity index (χ4n) is 2.09. The first-order chi connectivity index (χ1) is 6.90. The Morgan fingerprint density at radius 2 is 2.00 bits per heavy atom. The van der Waals surface area contributed by atoms with E-state index in [4.69, 9.17) is 4.74 Å². The van der Waals surface area contributed by atoms with Gasteiger partial charge in [0.25, 0.3) is 0 Å². The van der Waals surface area contributed by atoms with Gasteiger partial charge in [0.15, 0.2) is 0 Å². The molecular weight excluding hydrogens is 192 g/mol. The van der Waals surface area contributed by atoms with Gasteiger partial charge >= 0.3 is 6.09 Å². The van der Waals surface area contributed by atoms with Crippen LogP contribution in [0.2, 0.25) is 0 Å². The fourth-order valence-corrected chi connectivity index (χ4v) is 2.09. The van der Waals surface area contributed by atoms with E-state index in [1.165, 1.54) is 0 Å². The zero-order valence-corrected chi connectivity index (χ0v) is 9.80. The van der Waals surface area contributed by atoms with E-state index in [9.17, 15) is 4.79 Å². The third kappa shape index (κ3) is 2.25. The summed E-state index contributed by atoms with van der Waals surface area (Å²) in [4.78, 5) is 13.6. The van der Waals surface area contributed by atoms with Gasteiger partial charge in [0.05, 0.1) is 0 Å². The van der Waals surface area contributed by atoms with Crippen molar-refractivity contribution in [3.8, 4) is 0 Å². The van der Waals surface area contributed by atoms with Crippen LogP contribution in [0.5, 0.6) is 0 Å². The summed E-state index contributed by atoms with van der Waals surface area (Å²) in [6.07, 6.45) is 0.918. The summed E-state index contributed by atoms with van der Waals surface area (Å²) in [5, 5.41) is 3.12. The maximum Gasteiger partial charge on any atom is 0.410 e. The molecule has 2 aliphatic rings. The Morgan fingerprint density at radius 3 is 2.40 bits per heavy atom. The minimum absolute atomic E-state index is 0.149. The van der Waals surface area contributed by atoms with E-state index >= 15 is 0 Å². The molecule has 1 amide bonds. The molecule has 0 radical (unpaired) electrons. The molecule has 0 aromatic heterocycles. The largest absolute Gasteiger partial charge is 0.440 e. The van der Waals surface area contributed by atoms with E-state index in [0.29, 0.717) is 0 Å². The first kappa shape index (κ1) is 10.7. The number of nitrogens with zero attached hydrogens (tertiary/aromatic N) is 1. The van der Waals surface area contributed by atoms with E-state index in [1.807, 2.05) is 11.8 Å². The lowest BCUT2D eigenvalue weighted by Gasteiger charge is -2.39. The maximum atomic E-state index is 11.8. The van der Waals surface area contributed by atoms with E-state index < -0.39 is 0 Å². The number of hydrogen-bond donors (Lipinski definition) is 1. The second-order valence-electron chi connectivity index (χ2n) is 5.76. The van der Waals surface area contributed by atoms with Crippen molar-refractivity contribution in [3.05, 3.63) is 0 Å². The van der Waals surface area contributed by atoms with Gasteiger partial charge in [-0.15, -0.1) is 0 Å². The average molecular weight is 212 g/mol. The van der Waals surface area contributed by atoms with Crippen molar-refractivity contribution >= 4 is 6.09 Å². The summed E-state index contributed by atoms with van der Waals surface area (Å²) in [5.74, 6) is 0. The van der Waals surface area contributed by atoms with Crippen LogP contribution in [-0.4, -0.2) is 42.8 Å². The Labute approximate surface area is 91.0 Å². The van der Waals surface area contributed by atoms with Gasteiger partial charge in [0.1, 0.15) is 5.60 Å². The number of nitrogens with one attached hydrogen (secondary N) is 1. The monoisotopic (exact) mass is 212 g/mol. The van der Waals surface area contributed by atoms with Crippen molar-refractivity contribution in [1.29, 1.82) is 0 Å². The minimum Gasteiger partial charge on any atom is -0.440 e. The van der Waals surface area contributed by atoms with Crippen LogP contribution in [0.25, 0.3) is 0 Å². The molecule has 2 aliphatic heterocycles. The highest BCUT2D eigenvalue weighted by Gasteiger charge is 2.39. The second-order valence-corrected chi connectivity index (χ2v) is 5.76. The van der Waals surface area contributed by atoms with E-state index in [1.54, 1.807) is 0 Å². The summed E-state index contributed by atoms with van der Waals surface area (Å²) in [7, 11) is 0. The summed E-state index contributed by atoms with van der Waals surface area (Å²) >= 11 is 0. The molecule has 4 heteroatoms. The fraction of sp³-hybridized carbons (Fsp3) is 0.909. The van der Waals surface area contributed by atoms with Gasteiger partial charge in [-0.3, -0.25) is 0 Å². The van der Waals surface area contributed by atoms with Gasteiger partial charge < -0.3 is 15.0 Å². The molecule has 86 valence electrons. The van der Waals surface area contributed by atoms with Crippen molar-refractivity contribution in [2.45, 2.75) is 32.8 Å². The Balaban J connectivity index is 1.87. The van der Waals surface area contributed by atoms with Crippen molar-refractivity contribution in [2.75, 3.05) is 26.2 Å². The van der Waals surface area contributed by atoms with Crippen LogP contribution in [-0.2, 0) is 4.74 Å². The quantitative estimate of drug-likeness (QED) is 0.710. The molecule has 4 nitrogen and oxygen atoms in total. The van der Waals surface area contributed by atoms with Crippen LogP contribution < -0.4 is 5.32 Å². The summed E-state index contributed by atoms with van der Waals surface area (Å²) in [6, 6.07) is 0. The number of carbonyl (C=O) groups excluding carboxylic acids is 1. The third-order valence-electron chi connectivity index (χ3n) is 3.27. The first-order valence-electron chi connectivity index (χ1n) is 5.59. The normalized spacial score (nSPS) is 27.3. The van der Waals surface area contributed by atoms with Gasteiger partial charge in [-0.05, 0) is 18.8 Å². The molecule has 1 N–H and O–H groups in total. The lowest BCUT2D eigenvalue weighted by molar-refractivity contribution is -0.0287. The standard InChI is InChI=1S/C11H20N2O2/c1-10(2)4-5-13(8-10)9(14)15-11(3)6-12-7-11/h12H,4-8H2,1-3H3. The van der Waals surface area contributed by atoms with Crippen molar-refractivity contribution in [2.24, 2.45) is 5.41 Å². The van der Waals surface area contributed by atoms with E-state index in [2.05, 4.69) is 19.2 Å². The van der Waals surface area contributed by atoms with Crippen molar-refractivity contribution in [1.82, 2.24) is 10.2 Å². The van der Waals surface area contributed by atoms with Crippen molar-refractivity contribution < 1.29 is 9.53 Å². The van der Waals surface area contributed by atoms with E-state index in [-0.39, 0.29) is 17.1 Å². The Bertz CT molecular complexity index is 272. The predicted octanol–water partition coefficient (Wildman–Crippen LogP) is 1.22. The van der Waals surface area contributed by atoms with Crippen LogP contribution in [0.1, 0.15) is 27.2 Å². The summed E-state index contributed by atoms with van der Waals surface area (Å²) in [5.41, 5.74) is -0.0262. The van der Waals surface area contributed by atoms with Gasteiger partial charge in [0, 0.05) is 26.2 Å². The molecule has 0 spiro atoms. The maximum absolute atomic E-state index is 11.8. The van der Waals surface area contributed by atoms with Gasteiger partial charge in [0.2, 0.25) is 0 Å². The second kappa shape index (κ2) is 3.37. The number of ether oxygens (including phenoxy) is 1. The highest BCUT2D eigenvalue weighted by Crippen LogP contribution is 2.30. The van der Waals surface area contributed by atoms with Gasteiger partial charge in [-0.25, -0.2) is 4.79 Å². The molecule has 2 rings (SSSR count). The molecular formula is C11H20N2O2. The van der Waals surface area contributed by atoms with Crippen LogP contribution in [0.15, 0.2) is 0 Å². The molecule has 0 aromatic rings. The molecule has 15 heavy (non-hydrogen) atoms. The summed E-state index contributed by atoms with van der Waals surface area (Å²) in [6.45, 7) is 9.54. The third-order valence-corrected chi connectivity index (χ3v) is 3.27. The number of likely N-dealkylation sites (tertiary alicyclic amines) is 1. The highest BCUT2D eigenvalue weighted by molar-refractivity contribution is 5.68. The molecule has 2 fully saturated rings. The van der Waals surface area contributed by atoms with Crippen LogP contribution in [0, 0.1) is 5.41 Å². The SMILES string of the molecule is CC1(C)CCN(C(=O)OC2(C)CNC2)C1. The van der Waals surface area contributed by atoms with E-state index in [0.717, 1.165) is 32.6 Å².